The minimum Gasteiger partial charge on any atom is -0.346 e. The van der Waals surface area contributed by atoms with Crippen molar-refractivity contribution >= 4 is 23.2 Å². The van der Waals surface area contributed by atoms with E-state index in [-0.39, 0.29) is 24.6 Å². The monoisotopic (exact) mass is 348 g/mol. The third-order valence-electron chi connectivity index (χ3n) is 4.37. The number of carbonyl (C=O) groups excluding carboxylic acids is 1. The van der Waals surface area contributed by atoms with Gasteiger partial charge >= 0.3 is 5.69 Å². The Morgan fingerprint density at radius 2 is 2.17 bits per heavy atom. The molecule has 1 heterocycles. The van der Waals surface area contributed by atoms with E-state index in [1.165, 1.54) is 17.1 Å². The molecule has 0 unspecified atom stereocenters. The van der Waals surface area contributed by atoms with Gasteiger partial charge in [-0.1, -0.05) is 29.8 Å². The largest absolute Gasteiger partial charge is 0.346 e. The van der Waals surface area contributed by atoms with E-state index in [2.05, 4.69) is 10.4 Å². The Kier molecular flexibility index (Phi) is 4.53. The number of nitrogens with one attached hydrogen (secondary N) is 1. The molecule has 1 aromatic heterocycles. The lowest BCUT2D eigenvalue weighted by Crippen LogP contribution is -2.51. The topological polar surface area (TPSA) is 90.1 Å². The molecule has 0 atom stereocenters. The second-order valence-corrected chi connectivity index (χ2v) is 6.34. The first-order chi connectivity index (χ1) is 11.5. The van der Waals surface area contributed by atoms with Gasteiger partial charge in [-0.15, -0.1) is 0 Å². The van der Waals surface area contributed by atoms with Crippen LogP contribution in [0.4, 0.5) is 5.69 Å². The molecule has 1 fully saturated rings. The van der Waals surface area contributed by atoms with Crippen LogP contribution in [0.25, 0.3) is 0 Å². The highest BCUT2D eigenvalue weighted by Gasteiger charge is 2.41. The molecule has 0 spiro atoms. The van der Waals surface area contributed by atoms with Crippen LogP contribution in [0.1, 0.15) is 31.2 Å². The van der Waals surface area contributed by atoms with Crippen molar-refractivity contribution in [1.82, 2.24) is 15.1 Å². The number of aryl methyl sites for hydroxylation is 1. The molecule has 0 aliphatic heterocycles. The second kappa shape index (κ2) is 6.60. The summed E-state index contributed by atoms with van der Waals surface area (Å²) in [5, 5.41) is 18.3. The first kappa shape index (κ1) is 16.4. The van der Waals surface area contributed by atoms with Crippen molar-refractivity contribution in [2.75, 3.05) is 0 Å². The van der Waals surface area contributed by atoms with Crippen LogP contribution in [0.3, 0.4) is 0 Å². The van der Waals surface area contributed by atoms with Gasteiger partial charge < -0.3 is 5.32 Å². The van der Waals surface area contributed by atoms with E-state index < -0.39 is 10.5 Å². The average Bonchev–Trinajstić information content (AvgIpc) is 2.99. The Balaban J connectivity index is 1.63. The van der Waals surface area contributed by atoms with Gasteiger partial charge in [0.05, 0.1) is 10.5 Å². The van der Waals surface area contributed by atoms with Gasteiger partial charge in [0.25, 0.3) is 0 Å². The lowest BCUT2D eigenvalue weighted by Gasteiger charge is -2.43. The average molecular weight is 349 g/mol. The van der Waals surface area contributed by atoms with Crippen LogP contribution in [0.2, 0.25) is 5.02 Å². The van der Waals surface area contributed by atoms with Gasteiger partial charge in [0.1, 0.15) is 12.4 Å². The molecule has 1 amide bonds. The number of nitro groups is 1. The molecule has 7 nitrogen and oxygen atoms in total. The summed E-state index contributed by atoms with van der Waals surface area (Å²) in [7, 11) is 0. The number of rotatable bonds is 6. The Labute approximate surface area is 143 Å². The predicted molar refractivity (Wildman–Crippen MR) is 88.6 cm³/mol. The molecule has 0 saturated heterocycles. The molecular weight excluding hydrogens is 332 g/mol. The zero-order valence-corrected chi connectivity index (χ0v) is 13.7. The summed E-state index contributed by atoms with van der Waals surface area (Å²) in [6.45, 7) is 0.290. The first-order valence-electron chi connectivity index (χ1n) is 7.73. The molecule has 8 heteroatoms. The van der Waals surface area contributed by atoms with Crippen LogP contribution in [-0.4, -0.2) is 20.6 Å². The fourth-order valence-electron chi connectivity index (χ4n) is 2.96. The third kappa shape index (κ3) is 3.26. The number of halogens is 1. The number of hydrogen-bond acceptors (Lipinski definition) is 4. The molecule has 24 heavy (non-hydrogen) atoms. The summed E-state index contributed by atoms with van der Waals surface area (Å²) < 4.78 is 1.40. The van der Waals surface area contributed by atoms with E-state index in [4.69, 9.17) is 11.6 Å². The van der Waals surface area contributed by atoms with Crippen LogP contribution < -0.4 is 5.32 Å². The predicted octanol–water partition coefficient (Wildman–Crippen LogP) is 3.03. The Morgan fingerprint density at radius 1 is 1.42 bits per heavy atom. The number of nitrogens with zero attached hydrogens (tertiary/aromatic N) is 3. The summed E-state index contributed by atoms with van der Waals surface area (Å²) in [4.78, 5) is 22.4. The minimum atomic E-state index is -0.510. The number of benzene rings is 1. The van der Waals surface area contributed by atoms with E-state index in [0.717, 1.165) is 24.8 Å². The van der Waals surface area contributed by atoms with Crippen molar-refractivity contribution in [2.45, 2.75) is 37.8 Å². The molecule has 1 N–H and O–H groups in total. The summed E-state index contributed by atoms with van der Waals surface area (Å²) in [5.41, 5.74) is 0.467. The van der Waals surface area contributed by atoms with Crippen molar-refractivity contribution in [1.29, 1.82) is 0 Å². The summed E-state index contributed by atoms with van der Waals surface area (Å²) >= 11 is 6.28. The smallest absolute Gasteiger partial charge is 0.306 e. The van der Waals surface area contributed by atoms with Gasteiger partial charge in [-0.3, -0.25) is 19.6 Å². The van der Waals surface area contributed by atoms with Gasteiger partial charge in [0.2, 0.25) is 5.91 Å². The van der Waals surface area contributed by atoms with Crippen molar-refractivity contribution in [2.24, 2.45) is 0 Å². The second-order valence-electron chi connectivity index (χ2n) is 5.93. The van der Waals surface area contributed by atoms with Gasteiger partial charge in [0, 0.05) is 18.0 Å². The SMILES string of the molecule is O=C(CCn1cc([N+](=O)[O-])cn1)NC1(c2ccccc2Cl)CCC1. The number of aromatic nitrogens is 2. The maximum absolute atomic E-state index is 12.3. The van der Waals surface area contributed by atoms with E-state index in [1.54, 1.807) is 0 Å². The molecule has 1 aromatic carbocycles. The highest BCUT2D eigenvalue weighted by Crippen LogP contribution is 2.43. The molecule has 126 valence electrons. The Hall–Kier alpha value is -2.41. The van der Waals surface area contributed by atoms with Crippen molar-refractivity contribution in [3.8, 4) is 0 Å². The van der Waals surface area contributed by atoms with Gasteiger partial charge in [-0.2, -0.15) is 5.10 Å². The number of carbonyl (C=O) groups is 1. The van der Waals surface area contributed by atoms with E-state index in [9.17, 15) is 14.9 Å². The van der Waals surface area contributed by atoms with Crippen LogP contribution in [0, 0.1) is 10.1 Å². The molecule has 1 aliphatic carbocycles. The Morgan fingerprint density at radius 3 is 2.75 bits per heavy atom. The summed E-state index contributed by atoms with van der Waals surface area (Å²) in [6.07, 6.45) is 5.45. The van der Waals surface area contributed by atoms with Gasteiger partial charge in [-0.25, -0.2) is 0 Å². The standard InChI is InChI=1S/C16H17ClN4O3/c17-14-5-2-1-4-13(14)16(7-3-8-16)19-15(22)6-9-20-11-12(10-18-20)21(23)24/h1-2,4-5,10-11H,3,6-9H2,(H,19,22). The normalized spacial score (nSPS) is 15.5. The highest BCUT2D eigenvalue weighted by molar-refractivity contribution is 6.31. The lowest BCUT2D eigenvalue weighted by atomic mass is 9.71. The molecule has 1 aliphatic rings. The van der Waals surface area contributed by atoms with E-state index in [0.29, 0.717) is 5.02 Å². The molecule has 3 rings (SSSR count). The highest BCUT2D eigenvalue weighted by atomic mass is 35.5. The maximum Gasteiger partial charge on any atom is 0.306 e. The number of amides is 1. The first-order valence-corrected chi connectivity index (χ1v) is 8.11. The van der Waals surface area contributed by atoms with Crippen molar-refractivity contribution in [3.05, 3.63) is 57.4 Å². The van der Waals surface area contributed by atoms with Crippen molar-refractivity contribution < 1.29 is 9.72 Å². The third-order valence-corrected chi connectivity index (χ3v) is 4.70. The quantitative estimate of drug-likeness (QED) is 0.641. The molecule has 0 radical (unpaired) electrons. The maximum atomic E-state index is 12.3. The Bertz CT molecular complexity index is 770. The lowest BCUT2D eigenvalue weighted by molar-refractivity contribution is -0.385. The van der Waals surface area contributed by atoms with Crippen LogP contribution in [-0.2, 0) is 16.9 Å². The number of hydrogen-bond donors (Lipinski definition) is 1. The van der Waals surface area contributed by atoms with E-state index >= 15 is 0 Å². The van der Waals surface area contributed by atoms with Gasteiger partial charge in [-0.05, 0) is 30.9 Å². The summed E-state index contributed by atoms with van der Waals surface area (Å²) in [6, 6.07) is 7.55. The van der Waals surface area contributed by atoms with Crippen LogP contribution >= 0.6 is 11.6 Å². The zero-order valence-electron chi connectivity index (χ0n) is 12.9. The molecular formula is C16H17ClN4O3. The van der Waals surface area contributed by atoms with E-state index in [1.807, 2.05) is 24.3 Å². The zero-order chi connectivity index (χ0) is 17.2. The molecule has 0 bridgehead atoms. The van der Waals surface area contributed by atoms with Crippen molar-refractivity contribution in [3.63, 3.8) is 0 Å². The van der Waals surface area contributed by atoms with Gasteiger partial charge in [0.15, 0.2) is 0 Å². The van der Waals surface area contributed by atoms with Crippen LogP contribution in [0.5, 0.6) is 0 Å². The molecule has 1 saturated carbocycles. The fourth-order valence-corrected chi connectivity index (χ4v) is 3.27. The molecule has 2 aromatic rings. The minimum absolute atomic E-state index is 0.0815. The van der Waals surface area contributed by atoms with Crippen LogP contribution in [0.15, 0.2) is 36.7 Å². The fraction of sp³-hybridized carbons (Fsp3) is 0.375. The summed E-state index contributed by atoms with van der Waals surface area (Å²) in [5.74, 6) is -0.118.